The molecule has 100 valence electrons. The second kappa shape index (κ2) is 5.01. The van der Waals surface area contributed by atoms with Crippen molar-refractivity contribution in [1.29, 1.82) is 0 Å². The van der Waals surface area contributed by atoms with Gasteiger partial charge in [0.2, 0.25) is 0 Å². The number of carboxylic acids is 1. The summed E-state index contributed by atoms with van der Waals surface area (Å²) in [6.07, 6.45) is 1.76. The van der Waals surface area contributed by atoms with Crippen LogP contribution in [-0.2, 0) is 13.6 Å². The van der Waals surface area contributed by atoms with Gasteiger partial charge < -0.3 is 15.5 Å². The second-order valence-electron chi connectivity index (χ2n) is 4.27. The monoisotopic (exact) mass is 261 g/mol. The summed E-state index contributed by atoms with van der Waals surface area (Å²) in [7, 11) is 1.86. The maximum atomic E-state index is 10.9. The SMILES string of the molecule is Cc1c(CNc2ccc(O)c(C(=O)O)c2)cnn1C. The maximum absolute atomic E-state index is 10.9. The Bertz CT molecular complexity index is 620. The molecule has 6 heteroatoms. The van der Waals surface area contributed by atoms with Crippen molar-refractivity contribution >= 4 is 11.7 Å². The van der Waals surface area contributed by atoms with Crippen molar-refractivity contribution in [2.75, 3.05) is 5.32 Å². The molecule has 0 radical (unpaired) electrons. The first-order valence-electron chi connectivity index (χ1n) is 5.76. The van der Waals surface area contributed by atoms with Gasteiger partial charge in [0, 0.05) is 30.5 Å². The van der Waals surface area contributed by atoms with E-state index in [1.807, 2.05) is 14.0 Å². The first-order valence-corrected chi connectivity index (χ1v) is 5.76. The number of rotatable bonds is 4. The van der Waals surface area contributed by atoms with Crippen LogP contribution < -0.4 is 5.32 Å². The molecule has 1 aromatic carbocycles. The summed E-state index contributed by atoms with van der Waals surface area (Å²) in [6.45, 7) is 2.51. The number of aromatic nitrogens is 2. The molecule has 0 spiro atoms. The van der Waals surface area contributed by atoms with E-state index in [0.717, 1.165) is 11.3 Å². The number of carbonyl (C=O) groups is 1. The first kappa shape index (κ1) is 12.9. The predicted octanol–water partition coefficient (Wildman–Crippen LogP) is 1.74. The van der Waals surface area contributed by atoms with Crippen LogP contribution in [0.25, 0.3) is 0 Å². The summed E-state index contributed by atoms with van der Waals surface area (Å²) in [5.74, 6) is -1.39. The molecule has 3 N–H and O–H groups in total. The molecule has 0 aliphatic heterocycles. The largest absolute Gasteiger partial charge is 0.507 e. The second-order valence-corrected chi connectivity index (χ2v) is 4.27. The van der Waals surface area contributed by atoms with E-state index in [2.05, 4.69) is 10.4 Å². The highest BCUT2D eigenvalue weighted by Gasteiger charge is 2.10. The lowest BCUT2D eigenvalue weighted by atomic mass is 10.1. The summed E-state index contributed by atoms with van der Waals surface area (Å²) in [5, 5.41) is 25.6. The summed E-state index contributed by atoms with van der Waals surface area (Å²) in [5.41, 5.74) is 2.60. The van der Waals surface area contributed by atoms with Crippen molar-refractivity contribution in [1.82, 2.24) is 9.78 Å². The lowest BCUT2D eigenvalue weighted by Gasteiger charge is -2.08. The van der Waals surface area contributed by atoms with Crippen LogP contribution in [0.5, 0.6) is 5.75 Å². The zero-order valence-electron chi connectivity index (χ0n) is 10.7. The number of hydrogen-bond donors (Lipinski definition) is 3. The molecule has 0 atom stereocenters. The lowest BCUT2D eigenvalue weighted by Crippen LogP contribution is -2.03. The van der Waals surface area contributed by atoms with Gasteiger partial charge in [0.15, 0.2) is 0 Å². The summed E-state index contributed by atoms with van der Waals surface area (Å²) in [4.78, 5) is 10.9. The van der Waals surface area contributed by atoms with Gasteiger partial charge in [-0.2, -0.15) is 5.10 Å². The van der Waals surface area contributed by atoms with E-state index < -0.39 is 5.97 Å². The van der Waals surface area contributed by atoms with Gasteiger partial charge in [-0.1, -0.05) is 0 Å². The number of benzene rings is 1. The molecular formula is C13H15N3O3. The first-order chi connectivity index (χ1) is 8.99. The molecule has 0 unspecified atom stereocenters. The van der Waals surface area contributed by atoms with E-state index in [9.17, 15) is 9.90 Å². The van der Waals surface area contributed by atoms with Gasteiger partial charge in [0.25, 0.3) is 0 Å². The molecule has 1 heterocycles. The standard InChI is InChI=1S/C13H15N3O3/c1-8-9(7-15-16(8)2)6-14-10-3-4-12(17)11(5-10)13(18)19/h3-5,7,14,17H,6H2,1-2H3,(H,18,19). The Morgan fingerprint density at radius 2 is 2.21 bits per heavy atom. The number of aryl methyl sites for hydroxylation is 1. The van der Waals surface area contributed by atoms with Gasteiger partial charge in [-0.25, -0.2) is 4.79 Å². The zero-order valence-corrected chi connectivity index (χ0v) is 10.7. The number of nitrogens with one attached hydrogen (secondary N) is 1. The van der Waals surface area contributed by atoms with Crippen LogP contribution >= 0.6 is 0 Å². The molecule has 0 aliphatic rings. The molecule has 0 saturated heterocycles. The minimum Gasteiger partial charge on any atom is -0.507 e. The average molecular weight is 261 g/mol. The van der Waals surface area contributed by atoms with Crippen LogP contribution in [0, 0.1) is 6.92 Å². The Kier molecular flexibility index (Phi) is 3.41. The van der Waals surface area contributed by atoms with Crippen molar-refractivity contribution in [2.45, 2.75) is 13.5 Å². The summed E-state index contributed by atoms with van der Waals surface area (Å²) in [6, 6.07) is 4.40. The van der Waals surface area contributed by atoms with E-state index in [-0.39, 0.29) is 11.3 Å². The third-order valence-corrected chi connectivity index (χ3v) is 3.05. The van der Waals surface area contributed by atoms with Crippen molar-refractivity contribution < 1.29 is 15.0 Å². The number of phenols is 1. The molecule has 0 amide bonds. The van der Waals surface area contributed by atoms with Crippen LogP contribution in [-0.4, -0.2) is 26.0 Å². The van der Waals surface area contributed by atoms with Crippen LogP contribution in [0.1, 0.15) is 21.6 Å². The van der Waals surface area contributed by atoms with Gasteiger partial charge in [-0.05, 0) is 25.1 Å². The van der Waals surface area contributed by atoms with Crippen molar-refractivity contribution in [3.63, 3.8) is 0 Å². The predicted molar refractivity (Wildman–Crippen MR) is 70.3 cm³/mol. The minimum atomic E-state index is -1.15. The average Bonchev–Trinajstić information content (AvgIpc) is 2.69. The molecule has 0 saturated carbocycles. The van der Waals surface area contributed by atoms with Gasteiger partial charge in [0.1, 0.15) is 11.3 Å². The molecule has 2 aromatic rings. The molecule has 1 aromatic heterocycles. The molecule has 0 fully saturated rings. The number of hydrogen-bond acceptors (Lipinski definition) is 4. The van der Waals surface area contributed by atoms with Crippen molar-refractivity contribution in [2.24, 2.45) is 7.05 Å². The van der Waals surface area contributed by atoms with E-state index in [0.29, 0.717) is 12.2 Å². The van der Waals surface area contributed by atoms with Gasteiger partial charge in [-0.3, -0.25) is 4.68 Å². The summed E-state index contributed by atoms with van der Waals surface area (Å²) < 4.78 is 1.77. The van der Waals surface area contributed by atoms with E-state index in [4.69, 9.17) is 5.11 Å². The fraction of sp³-hybridized carbons (Fsp3) is 0.231. The maximum Gasteiger partial charge on any atom is 0.339 e. The highest BCUT2D eigenvalue weighted by atomic mass is 16.4. The third kappa shape index (κ3) is 2.67. The number of aromatic carboxylic acids is 1. The molecule has 0 bridgehead atoms. The van der Waals surface area contributed by atoms with E-state index >= 15 is 0 Å². The number of aromatic hydroxyl groups is 1. The minimum absolute atomic E-state index is 0.118. The highest BCUT2D eigenvalue weighted by molar-refractivity contribution is 5.91. The molecular weight excluding hydrogens is 246 g/mol. The Morgan fingerprint density at radius 3 is 2.79 bits per heavy atom. The Morgan fingerprint density at radius 1 is 1.47 bits per heavy atom. The Hall–Kier alpha value is -2.50. The number of carboxylic acid groups (broad SMARTS) is 1. The topological polar surface area (TPSA) is 87.4 Å². The quantitative estimate of drug-likeness (QED) is 0.730. The number of nitrogens with zero attached hydrogens (tertiary/aromatic N) is 2. The Labute approximate surface area is 110 Å². The summed E-state index contributed by atoms with van der Waals surface area (Å²) >= 11 is 0. The normalized spacial score (nSPS) is 10.4. The molecule has 19 heavy (non-hydrogen) atoms. The van der Waals surface area contributed by atoms with Crippen LogP contribution in [0.15, 0.2) is 24.4 Å². The van der Waals surface area contributed by atoms with Gasteiger partial charge in [-0.15, -0.1) is 0 Å². The van der Waals surface area contributed by atoms with E-state index in [1.165, 1.54) is 12.1 Å². The van der Waals surface area contributed by atoms with Crippen LogP contribution in [0.4, 0.5) is 5.69 Å². The van der Waals surface area contributed by atoms with Gasteiger partial charge >= 0.3 is 5.97 Å². The highest BCUT2D eigenvalue weighted by Crippen LogP contribution is 2.22. The van der Waals surface area contributed by atoms with Crippen LogP contribution in [0.2, 0.25) is 0 Å². The van der Waals surface area contributed by atoms with Crippen molar-refractivity contribution in [3.05, 3.63) is 41.2 Å². The van der Waals surface area contributed by atoms with Gasteiger partial charge in [0.05, 0.1) is 6.20 Å². The smallest absolute Gasteiger partial charge is 0.339 e. The fourth-order valence-corrected chi connectivity index (χ4v) is 1.73. The van der Waals surface area contributed by atoms with E-state index in [1.54, 1.807) is 16.9 Å². The molecule has 0 aliphatic carbocycles. The lowest BCUT2D eigenvalue weighted by molar-refractivity contribution is 0.0694. The van der Waals surface area contributed by atoms with Crippen LogP contribution in [0.3, 0.4) is 0 Å². The third-order valence-electron chi connectivity index (χ3n) is 3.05. The molecule has 2 rings (SSSR count). The van der Waals surface area contributed by atoms with Crippen molar-refractivity contribution in [3.8, 4) is 5.75 Å². The zero-order chi connectivity index (χ0) is 14.0. The number of anilines is 1. The molecule has 6 nitrogen and oxygen atoms in total. The Balaban J connectivity index is 2.14. The fourth-order valence-electron chi connectivity index (χ4n) is 1.73.